The summed E-state index contributed by atoms with van der Waals surface area (Å²) in [4.78, 5) is 29.4. The second-order valence-electron chi connectivity index (χ2n) is 4.89. The molecule has 0 radical (unpaired) electrons. The van der Waals surface area contributed by atoms with Gasteiger partial charge >= 0.3 is 17.9 Å². The Kier molecular flexibility index (Phi) is 12.1. The zero-order valence-electron chi connectivity index (χ0n) is 12.6. The van der Waals surface area contributed by atoms with Gasteiger partial charge in [-0.3, -0.25) is 14.4 Å². The van der Waals surface area contributed by atoms with E-state index in [2.05, 4.69) is 11.1 Å². The Morgan fingerprint density at radius 1 is 1.23 bits per heavy atom. The lowest BCUT2D eigenvalue weighted by atomic mass is 10.1. The Bertz CT molecular complexity index is 363. The maximum absolute atomic E-state index is 10.2. The number of aliphatic carboxylic acids is 3. The zero-order valence-corrected chi connectivity index (χ0v) is 12.6. The highest BCUT2D eigenvalue weighted by Gasteiger charge is 2.27. The van der Waals surface area contributed by atoms with Gasteiger partial charge in [0.05, 0.1) is 12.6 Å². The monoisotopic (exact) mass is 323 g/mol. The molecule has 3 atom stereocenters. The van der Waals surface area contributed by atoms with Crippen molar-refractivity contribution in [2.24, 2.45) is 17.4 Å². The summed E-state index contributed by atoms with van der Waals surface area (Å²) < 4.78 is 0. The number of carbonyl (C=O) groups is 3. The van der Waals surface area contributed by atoms with Crippen molar-refractivity contribution in [1.29, 1.82) is 0 Å². The Labute approximate surface area is 128 Å². The minimum atomic E-state index is -0.968. The van der Waals surface area contributed by atoms with Crippen LogP contribution in [-0.2, 0) is 14.4 Å². The third kappa shape index (κ3) is 12.0. The number of carboxylic acid groups (broad SMARTS) is 3. The molecule has 0 amide bonds. The third-order valence-corrected chi connectivity index (χ3v) is 2.58. The average Bonchev–Trinajstić information content (AvgIpc) is 2.86. The molecule has 1 heterocycles. The van der Waals surface area contributed by atoms with Crippen LogP contribution in [0.4, 0.5) is 0 Å². The Morgan fingerprint density at radius 2 is 1.68 bits per heavy atom. The third-order valence-electron chi connectivity index (χ3n) is 2.58. The molecule has 0 aromatic carbocycles. The van der Waals surface area contributed by atoms with E-state index in [1.165, 1.54) is 0 Å². The smallest absolute Gasteiger partial charge is 0.320 e. The summed E-state index contributed by atoms with van der Waals surface area (Å²) in [5.41, 5.74) is 9.73. The van der Waals surface area contributed by atoms with E-state index in [1.807, 2.05) is 0 Å². The van der Waals surface area contributed by atoms with Gasteiger partial charge in [-0.15, -0.1) is 0 Å². The number of hydrogen-bond acceptors (Lipinski definition) is 7. The van der Waals surface area contributed by atoms with Crippen molar-refractivity contribution in [3.63, 3.8) is 0 Å². The van der Waals surface area contributed by atoms with Gasteiger partial charge in [0, 0.05) is 13.0 Å². The highest BCUT2D eigenvalue weighted by molar-refractivity contribution is 5.74. The van der Waals surface area contributed by atoms with Crippen LogP contribution in [0.3, 0.4) is 0 Å². The molecule has 1 rings (SSSR count). The number of nitrogens with one attached hydrogen (secondary N) is 1. The summed E-state index contributed by atoms with van der Waals surface area (Å²) in [5.74, 6) is -2.76. The molecule has 0 saturated carbocycles. The van der Waals surface area contributed by atoms with Gasteiger partial charge in [0.1, 0.15) is 12.1 Å². The van der Waals surface area contributed by atoms with Crippen LogP contribution in [0, 0.1) is 5.92 Å². The van der Waals surface area contributed by atoms with Gasteiger partial charge < -0.3 is 37.2 Å². The topological polar surface area (TPSA) is 196 Å². The Hall–Kier alpha value is -1.75. The van der Waals surface area contributed by atoms with E-state index in [-0.39, 0.29) is 12.5 Å². The molecule has 1 aliphatic heterocycles. The van der Waals surface area contributed by atoms with E-state index in [0.29, 0.717) is 13.0 Å². The van der Waals surface area contributed by atoms with Crippen molar-refractivity contribution in [1.82, 2.24) is 5.32 Å². The van der Waals surface area contributed by atoms with E-state index in [0.717, 1.165) is 0 Å². The second-order valence-corrected chi connectivity index (χ2v) is 4.89. The molecular weight excluding hydrogens is 298 g/mol. The highest BCUT2D eigenvalue weighted by atomic mass is 16.4. The standard InChI is InChI=1S/C5H9NO3.C5H11NO2.C2H5NO2/c7-3-1-4(5(8)9)6-2-3;1-3(2)4(6)5(7)8;3-1-2(4)5/h3-4,6-7H,1-2H2,(H,8,9);3-4H,6H2,1-2H3,(H,7,8);1,3H2,(H,4,5)/t3-,4+;4-;/m10./s1. The molecule has 22 heavy (non-hydrogen) atoms. The normalized spacial score (nSPS) is 21.0. The number of β-amino-alcohol motifs (C(OH)–C–C–N with tert-alkyl or cyclic N) is 1. The fraction of sp³-hybridized carbons (Fsp3) is 0.750. The van der Waals surface area contributed by atoms with Crippen molar-refractivity contribution in [3.8, 4) is 0 Å². The Balaban J connectivity index is 0. The van der Waals surface area contributed by atoms with Crippen molar-refractivity contribution >= 4 is 17.9 Å². The lowest BCUT2D eigenvalue weighted by Gasteiger charge is -2.07. The fourth-order valence-electron chi connectivity index (χ4n) is 1.19. The molecule has 1 fully saturated rings. The summed E-state index contributed by atoms with van der Waals surface area (Å²) in [6.45, 7) is 3.68. The number of hydrogen-bond donors (Lipinski definition) is 7. The molecule has 0 unspecified atom stereocenters. The van der Waals surface area contributed by atoms with Gasteiger partial charge in [-0.05, 0) is 5.92 Å². The van der Waals surface area contributed by atoms with Crippen molar-refractivity contribution in [3.05, 3.63) is 0 Å². The molecule has 1 saturated heterocycles. The average molecular weight is 323 g/mol. The van der Waals surface area contributed by atoms with Crippen LogP contribution < -0.4 is 16.8 Å². The molecule has 1 aliphatic rings. The molecule has 130 valence electrons. The number of aliphatic hydroxyl groups is 1. The molecule has 10 heteroatoms. The lowest BCUT2D eigenvalue weighted by molar-refractivity contribution is -0.140. The first-order chi connectivity index (χ1) is 10.0. The molecule has 0 bridgehead atoms. The van der Waals surface area contributed by atoms with Gasteiger partial charge in [-0.2, -0.15) is 0 Å². The van der Waals surface area contributed by atoms with Crippen molar-refractivity contribution in [2.45, 2.75) is 38.5 Å². The Morgan fingerprint density at radius 3 is 1.77 bits per heavy atom. The molecule has 0 spiro atoms. The zero-order chi connectivity index (χ0) is 17.9. The highest BCUT2D eigenvalue weighted by Crippen LogP contribution is 2.05. The first kappa shape index (κ1) is 22.5. The van der Waals surface area contributed by atoms with E-state index in [1.54, 1.807) is 13.8 Å². The largest absolute Gasteiger partial charge is 0.480 e. The first-order valence-corrected chi connectivity index (χ1v) is 6.57. The maximum atomic E-state index is 10.2. The van der Waals surface area contributed by atoms with Gasteiger partial charge in [-0.25, -0.2) is 0 Å². The molecule has 9 N–H and O–H groups in total. The summed E-state index contributed by atoms with van der Waals surface area (Å²) in [5, 5.41) is 35.7. The molecule has 0 aromatic rings. The minimum Gasteiger partial charge on any atom is -0.480 e. The maximum Gasteiger partial charge on any atom is 0.320 e. The number of rotatable bonds is 4. The van der Waals surface area contributed by atoms with Crippen molar-refractivity contribution < 1.29 is 34.8 Å². The number of nitrogens with two attached hydrogens (primary N) is 2. The van der Waals surface area contributed by atoms with Gasteiger partial charge in [0.2, 0.25) is 0 Å². The predicted octanol–water partition coefficient (Wildman–Crippen LogP) is -2.12. The summed E-state index contributed by atoms with van der Waals surface area (Å²) in [7, 11) is 0. The number of aliphatic hydroxyl groups excluding tert-OH is 1. The summed E-state index contributed by atoms with van der Waals surface area (Å²) >= 11 is 0. The quantitative estimate of drug-likeness (QED) is 0.300. The van der Waals surface area contributed by atoms with E-state index in [4.69, 9.17) is 26.2 Å². The van der Waals surface area contributed by atoms with E-state index < -0.39 is 36.1 Å². The molecule has 0 aliphatic carbocycles. The summed E-state index contributed by atoms with van der Waals surface area (Å²) in [6.07, 6.45) is -0.152. The van der Waals surface area contributed by atoms with E-state index >= 15 is 0 Å². The summed E-state index contributed by atoms with van der Waals surface area (Å²) in [6, 6.07) is -1.25. The molecular formula is C12H25N3O7. The van der Waals surface area contributed by atoms with Gasteiger partial charge in [-0.1, -0.05) is 13.8 Å². The van der Waals surface area contributed by atoms with Crippen LogP contribution in [0.2, 0.25) is 0 Å². The van der Waals surface area contributed by atoms with Crippen LogP contribution in [0.25, 0.3) is 0 Å². The SMILES string of the molecule is CC(C)[C@H](N)C(=O)O.NCC(=O)O.O=C(O)[C@@H]1C[C@@H](O)CN1. The van der Waals surface area contributed by atoms with Crippen LogP contribution in [0.1, 0.15) is 20.3 Å². The van der Waals surface area contributed by atoms with Crippen LogP contribution >= 0.6 is 0 Å². The van der Waals surface area contributed by atoms with Crippen LogP contribution in [-0.4, -0.2) is 69.6 Å². The number of carboxylic acids is 3. The fourth-order valence-corrected chi connectivity index (χ4v) is 1.19. The van der Waals surface area contributed by atoms with Crippen LogP contribution in [0.15, 0.2) is 0 Å². The van der Waals surface area contributed by atoms with Gasteiger partial charge in [0.15, 0.2) is 0 Å². The molecule has 0 aromatic heterocycles. The van der Waals surface area contributed by atoms with Crippen LogP contribution in [0.5, 0.6) is 0 Å². The van der Waals surface area contributed by atoms with Crippen molar-refractivity contribution in [2.75, 3.05) is 13.1 Å². The molecule has 10 nitrogen and oxygen atoms in total. The second kappa shape index (κ2) is 11.9. The van der Waals surface area contributed by atoms with Gasteiger partial charge in [0.25, 0.3) is 0 Å². The predicted molar refractivity (Wildman–Crippen MR) is 77.2 cm³/mol. The first-order valence-electron chi connectivity index (χ1n) is 6.57. The lowest BCUT2D eigenvalue weighted by Crippen LogP contribution is -2.34. The minimum absolute atomic E-state index is 0.0208. The van der Waals surface area contributed by atoms with E-state index in [9.17, 15) is 14.4 Å².